The van der Waals surface area contributed by atoms with Gasteiger partial charge < -0.3 is 20.0 Å². The smallest absolute Gasteiger partial charge is 0.0918 e. The first-order chi connectivity index (χ1) is 30.3. The van der Waals surface area contributed by atoms with Crippen molar-refractivity contribution in [1.29, 1.82) is 0 Å². The number of nitrogens with one attached hydrogen (secondary N) is 3. The van der Waals surface area contributed by atoms with E-state index in [4.69, 9.17) is 14.7 Å². The Bertz CT molecular complexity index is 3190. The van der Waals surface area contributed by atoms with Crippen LogP contribution in [0.4, 0.5) is 5.69 Å². The summed E-state index contributed by atoms with van der Waals surface area (Å²) in [5.74, 6) is 0.221. The molecule has 0 amide bonds. The number of H-pyrrole nitrogens is 2. The quantitative estimate of drug-likeness (QED) is 0.162. The lowest BCUT2D eigenvalue weighted by Crippen LogP contribution is -2.28. The van der Waals surface area contributed by atoms with Crippen LogP contribution in [0.2, 0.25) is 0 Å². The summed E-state index contributed by atoms with van der Waals surface area (Å²) < 4.78 is 6.90. The van der Waals surface area contributed by atoms with Crippen LogP contribution in [0.3, 0.4) is 0 Å². The summed E-state index contributed by atoms with van der Waals surface area (Å²) in [5.41, 5.74) is 19.3. The Kier molecular flexibility index (Phi) is 8.49. The highest BCUT2D eigenvalue weighted by molar-refractivity contribution is 6.05. The minimum absolute atomic E-state index is 0.0459. The molecule has 3 N–H and O–H groups in total. The first-order valence-electron chi connectivity index (χ1n) is 21.1. The lowest BCUT2D eigenvalue weighted by atomic mass is 9.80. The molecular formula is C55H41N5O. The zero-order valence-electron chi connectivity index (χ0n) is 33.3. The summed E-state index contributed by atoms with van der Waals surface area (Å²) in [7, 11) is 0. The summed E-state index contributed by atoms with van der Waals surface area (Å²) in [4.78, 5) is 19.2. The van der Waals surface area contributed by atoms with Crippen molar-refractivity contribution in [3.63, 3.8) is 0 Å². The molecule has 0 unspecified atom stereocenters. The molecule has 6 heteroatoms. The molecule has 12 rings (SSSR count). The van der Waals surface area contributed by atoms with E-state index in [1.807, 2.05) is 0 Å². The van der Waals surface area contributed by atoms with Gasteiger partial charge in [-0.2, -0.15) is 0 Å². The summed E-state index contributed by atoms with van der Waals surface area (Å²) in [6.07, 6.45) is 9.49. The van der Waals surface area contributed by atoms with Crippen LogP contribution in [0.1, 0.15) is 52.5 Å². The number of benzene rings is 5. The van der Waals surface area contributed by atoms with Gasteiger partial charge in [0.1, 0.15) is 0 Å². The van der Waals surface area contributed by atoms with Gasteiger partial charge in [-0.05, 0) is 70.7 Å². The second kappa shape index (κ2) is 14.6. The van der Waals surface area contributed by atoms with Crippen LogP contribution in [0.15, 0.2) is 164 Å². The molecule has 0 saturated carbocycles. The van der Waals surface area contributed by atoms with Crippen LogP contribution in [0.25, 0.3) is 90.9 Å². The molecule has 3 aromatic heterocycles. The Hall–Kier alpha value is -7.54. The average Bonchev–Trinajstić information content (AvgIpc) is 4.19. The second-order valence-corrected chi connectivity index (χ2v) is 16.1. The molecule has 1 fully saturated rings. The molecule has 3 atom stereocenters. The summed E-state index contributed by atoms with van der Waals surface area (Å²) in [5, 5.41) is 4.17. The molecule has 4 aliphatic rings. The van der Waals surface area contributed by atoms with Crippen LogP contribution in [-0.4, -0.2) is 26.5 Å². The Morgan fingerprint density at radius 3 is 1.36 bits per heavy atom. The van der Waals surface area contributed by atoms with Crippen LogP contribution >= 0.6 is 0 Å². The van der Waals surface area contributed by atoms with E-state index in [9.17, 15) is 0 Å². The highest BCUT2D eigenvalue weighted by atomic mass is 16.5. The predicted molar refractivity (Wildman–Crippen MR) is 250 cm³/mol. The minimum atomic E-state index is -0.154. The van der Waals surface area contributed by atoms with E-state index in [0.29, 0.717) is 6.61 Å². The lowest BCUT2D eigenvalue weighted by Gasteiger charge is -2.35. The van der Waals surface area contributed by atoms with E-state index in [1.165, 1.54) is 5.56 Å². The highest BCUT2D eigenvalue weighted by Gasteiger charge is 2.44. The maximum atomic E-state index is 6.90. The zero-order chi connectivity index (χ0) is 40.3. The number of fused-ring (bicyclic) bond motifs is 13. The van der Waals surface area contributed by atoms with E-state index in [-0.39, 0.29) is 18.1 Å². The van der Waals surface area contributed by atoms with E-state index >= 15 is 0 Å². The Morgan fingerprint density at radius 1 is 0.443 bits per heavy atom. The number of aromatic nitrogens is 4. The number of rotatable bonds is 5. The van der Waals surface area contributed by atoms with Gasteiger partial charge in [0.15, 0.2) is 0 Å². The molecular weight excluding hydrogens is 747 g/mol. The monoisotopic (exact) mass is 787 g/mol. The zero-order valence-corrected chi connectivity index (χ0v) is 33.3. The van der Waals surface area contributed by atoms with Crippen molar-refractivity contribution in [2.45, 2.75) is 18.6 Å². The number of nitrogens with zero attached hydrogens (tertiary/aromatic N) is 2. The SMILES string of the molecule is C1=Cc2nc1c(-c1ccccc1)c1ccc([nH]1)c(-c1ccccc1)c1nc(c(-c3ccccc3)c3[nH]c(c4c3[C@@H]3OCC[C@@H]3[C@H](c3ccccc3)N4)c2-c2ccccc2)C=C1. The fourth-order valence-corrected chi connectivity index (χ4v) is 9.94. The number of hydrogen-bond donors (Lipinski definition) is 3. The topological polar surface area (TPSA) is 78.6 Å². The first-order valence-corrected chi connectivity index (χ1v) is 21.1. The van der Waals surface area contributed by atoms with Crippen molar-refractivity contribution in [1.82, 2.24) is 19.9 Å². The van der Waals surface area contributed by atoms with Gasteiger partial charge in [0.25, 0.3) is 0 Å². The van der Waals surface area contributed by atoms with Crippen molar-refractivity contribution < 1.29 is 4.74 Å². The first kappa shape index (κ1) is 35.4. The summed E-state index contributed by atoms with van der Waals surface area (Å²) >= 11 is 0. The number of hydrogen-bond acceptors (Lipinski definition) is 4. The molecule has 61 heavy (non-hydrogen) atoms. The van der Waals surface area contributed by atoms with E-state index < -0.39 is 0 Å². The third-order valence-electron chi connectivity index (χ3n) is 12.6. The fourth-order valence-electron chi connectivity index (χ4n) is 9.94. The number of ether oxygens (including phenoxy) is 1. The molecule has 6 nitrogen and oxygen atoms in total. The third kappa shape index (κ3) is 5.98. The van der Waals surface area contributed by atoms with Crippen LogP contribution in [-0.2, 0) is 4.74 Å². The van der Waals surface area contributed by atoms with Crippen LogP contribution < -0.4 is 5.32 Å². The maximum Gasteiger partial charge on any atom is 0.0918 e. The number of anilines is 1. The maximum absolute atomic E-state index is 6.90. The van der Waals surface area contributed by atoms with Crippen molar-refractivity contribution in [3.8, 4) is 44.5 Å². The van der Waals surface area contributed by atoms with E-state index in [0.717, 1.165) is 107 Å². The molecule has 292 valence electrons. The van der Waals surface area contributed by atoms with Gasteiger partial charge in [0.05, 0.1) is 51.6 Å². The van der Waals surface area contributed by atoms with Gasteiger partial charge in [-0.15, -0.1) is 0 Å². The predicted octanol–water partition coefficient (Wildman–Crippen LogP) is 13.6. The highest BCUT2D eigenvalue weighted by Crippen LogP contribution is 2.55. The Labute approximate surface area is 354 Å². The van der Waals surface area contributed by atoms with Gasteiger partial charge in [-0.25, -0.2) is 9.97 Å². The summed E-state index contributed by atoms with van der Waals surface area (Å²) in [6, 6.07) is 57.8. The molecule has 0 radical (unpaired) electrons. The van der Waals surface area contributed by atoms with Crippen molar-refractivity contribution in [2.24, 2.45) is 5.92 Å². The van der Waals surface area contributed by atoms with Crippen molar-refractivity contribution in [2.75, 3.05) is 11.9 Å². The molecule has 8 bridgehead atoms. The molecule has 0 spiro atoms. The van der Waals surface area contributed by atoms with Gasteiger partial charge in [0, 0.05) is 51.4 Å². The molecule has 1 saturated heterocycles. The van der Waals surface area contributed by atoms with Crippen molar-refractivity contribution >= 4 is 52.1 Å². The largest absolute Gasteiger partial charge is 0.376 e. The third-order valence-corrected chi connectivity index (χ3v) is 12.6. The number of aromatic amines is 2. The normalized spacial score (nSPS) is 17.5. The van der Waals surface area contributed by atoms with Gasteiger partial charge in [0.2, 0.25) is 0 Å². The Balaban J connectivity index is 1.30. The minimum Gasteiger partial charge on any atom is -0.376 e. The van der Waals surface area contributed by atoms with Crippen molar-refractivity contribution in [3.05, 3.63) is 198 Å². The van der Waals surface area contributed by atoms with Crippen LogP contribution in [0, 0.1) is 5.92 Å². The molecule has 0 aliphatic carbocycles. The fraction of sp³-hybridized carbons (Fsp3) is 0.0909. The van der Waals surface area contributed by atoms with Crippen LogP contribution in [0.5, 0.6) is 0 Å². The average molecular weight is 788 g/mol. The summed E-state index contributed by atoms with van der Waals surface area (Å²) in [6.45, 7) is 0.688. The molecule has 5 aromatic carbocycles. The molecule has 8 aromatic rings. The van der Waals surface area contributed by atoms with Gasteiger partial charge in [-0.1, -0.05) is 152 Å². The molecule has 4 aliphatic heterocycles. The standard InChI is InChI=1S/C55H41N5O/c1-6-16-34(17-7-1)46-40-26-27-41(56-40)47(35-18-8-2-9-19-35)43-29-31-45(58-43)49(37-22-12-4-13-23-37)53-54-50(55-39(32-33-61-55)51(59-54)38-24-14-5-15-25-38)52(60-53)48(36-20-10-3-11-21-36)44-30-28-42(46)57-44/h1-31,39,51,55-56,59-60H,32-33H2/t39-,51+,55-/m1/s1. The van der Waals surface area contributed by atoms with E-state index in [2.05, 4.69) is 203 Å². The lowest BCUT2D eigenvalue weighted by molar-refractivity contribution is 0.0843. The van der Waals surface area contributed by atoms with Gasteiger partial charge >= 0.3 is 0 Å². The molecule has 7 heterocycles. The second-order valence-electron chi connectivity index (χ2n) is 16.1. The van der Waals surface area contributed by atoms with E-state index in [1.54, 1.807) is 0 Å². The Morgan fingerprint density at radius 2 is 0.869 bits per heavy atom. The van der Waals surface area contributed by atoms with Gasteiger partial charge in [-0.3, -0.25) is 0 Å².